The summed E-state index contributed by atoms with van der Waals surface area (Å²) in [5.41, 5.74) is 2.08. The minimum atomic E-state index is 0.476. The first-order chi connectivity index (χ1) is 5.61. The monoisotopic (exact) mass is 163 g/mol. The Kier molecular flexibility index (Phi) is 5.02. The van der Waals surface area contributed by atoms with Crippen LogP contribution in [-0.2, 0) is 0 Å². The number of rotatable bonds is 4. The molecule has 1 heteroatoms. The Bertz CT molecular complexity index is 219. The van der Waals surface area contributed by atoms with Crippen molar-refractivity contribution in [3.8, 4) is 0 Å². The molecule has 0 bridgehead atoms. The van der Waals surface area contributed by atoms with Gasteiger partial charge in [0, 0.05) is 11.9 Å². The van der Waals surface area contributed by atoms with Crippen molar-refractivity contribution < 1.29 is 0 Å². The zero-order valence-electron chi connectivity index (χ0n) is 8.17. The van der Waals surface area contributed by atoms with Crippen molar-refractivity contribution >= 4 is 5.71 Å². The molecule has 0 fully saturated rings. The summed E-state index contributed by atoms with van der Waals surface area (Å²) in [7, 11) is 0. The topological polar surface area (TPSA) is 12.4 Å². The van der Waals surface area contributed by atoms with E-state index in [4.69, 9.17) is 0 Å². The normalized spacial score (nSPS) is 13.3. The molecule has 0 aromatic heterocycles. The van der Waals surface area contributed by atoms with Crippen LogP contribution >= 0.6 is 0 Å². The lowest BCUT2D eigenvalue weighted by Gasteiger charge is -2.02. The molecular formula is C11H17N. The van der Waals surface area contributed by atoms with Crippen molar-refractivity contribution in [2.24, 2.45) is 10.9 Å². The molecule has 0 aliphatic carbocycles. The molecule has 0 rings (SSSR count). The van der Waals surface area contributed by atoms with Gasteiger partial charge in [-0.15, -0.1) is 0 Å². The summed E-state index contributed by atoms with van der Waals surface area (Å²) in [6, 6.07) is 0. The van der Waals surface area contributed by atoms with Crippen molar-refractivity contribution in [1.29, 1.82) is 0 Å². The standard InChI is InChI=1S/C11H17N/c1-6-10(5)12-8-11(7-2)9(3)4/h6-9H,1-2H2,3-5H3/b11-8+,12-10-. The van der Waals surface area contributed by atoms with E-state index in [0.29, 0.717) is 5.92 Å². The molecule has 0 saturated carbocycles. The second-order valence-corrected chi connectivity index (χ2v) is 2.96. The maximum Gasteiger partial charge on any atom is 0.0366 e. The van der Waals surface area contributed by atoms with Crippen molar-refractivity contribution in [3.63, 3.8) is 0 Å². The molecule has 0 heterocycles. The van der Waals surface area contributed by atoms with Crippen molar-refractivity contribution in [2.45, 2.75) is 20.8 Å². The van der Waals surface area contributed by atoms with Crippen LogP contribution in [0, 0.1) is 5.92 Å². The van der Waals surface area contributed by atoms with E-state index in [0.717, 1.165) is 11.3 Å². The number of aliphatic imine (C=N–C) groups is 1. The second-order valence-electron chi connectivity index (χ2n) is 2.96. The average molecular weight is 163 g/mol. The van der Waals surface area contributed by atoms with E-state index in [1.807, 2.05) is 19.2 Å². The van der Waals surface area contributed by atoms with Crippen LogP contribution in [0.15, 0.2) is 42.1 Å². The first kappa shape index (κ1) is 10.9. The van der Waals surface area contributed by atoms with E-state index in [9.17, 15) is 0 Å². The van der Waals surface area contributed by atoms with Gasteiger partial charge in [-0.1, -0.05) is 33.1 Å². The highest BCUT2D eigenvalue weighted by molar-refractivity contribution is 5.92. The quantitative estimate of drug-likeness (QED) is 0.445. The lowest BCUT2D eigenvalue weighted by atomic mass is 10.1. The Morgan fingerprint density at radius 3 is 2.17 bits per heavy atom. The fourth-order valence-corrected chi connectivity index (χ4v) is 0.667. The minimum absolute atomic E-state index is 0.476. The third-order valence-electron chi connectivity index (χ3n) is 1.62. The molecule has 0 spiro atoms. The zero-order chi connectivity index (χ0) is 9.56. The van der Waals surface area contributed by atoms with Gasteiger partial charge >= 0.3 is 0 Å². The smallest absolute Gasteiger partial charge is 0.0366 e. The largest absolute Gasteiger partial charge is 0.261 e. The average Bonchev–Trinajstić information content (AvgIpc) is 2.04. The SMILES string of the molecule is C=C/C(=C\N=C(\C)C=C)C(C)C. The van der Waals surface area contributed by atoms with Gasteiger partial charge < -0.3 is 0 Å². The van der Waals surface area contributed by atoms with E-state index in [-0.39, 0.29) is 0 Å². The Morgan fingerprint density at radius 1 is 1.25 bits per heavy atom. The van der Waals surface area contributed by atoms with Crippen LogP contribution in [0.2, 0.25) is 0 Å². The zero-order valence-corrected chi connectivity index (χ0v) is 8.17. The van der Waals surface area contributed by atoms with Gasteiger partial charge in [-0.2, -0.15) is 0 Å². The van der Waals surface area contributed by atoms with Gasteiger partial charge in [0.25, 0.3) is 0 Å². The van der Waals surface area contributed by atoms with Gasteiger partial charge in [0.15, 0.2) is 0 Å². The van der Waals surface area contributed by atoms with E-state index >= 15 is 0 Å². The summed E-state index contributed by atoms with van der Waals surface area (Å²) in [4.78, 5) is 4.20. The number of nitrogens with zero attached hydrogens (tertiary/aromatic N) is 1. The molecule has 0 radical (unpaired) electrons. The maximum atomic E-state index is 4.20. The third-order valence-corrected chi connectivity index (χ3v) is 1.62. The summed E-state index contributed by atoms with van der Waals surface area (Å²) in [6.45, 7) is 13.5. The molecule has 0 aliphatic rings. The summed E-state index contributed by atoms with van der Waals surface area (Å²) in [5, 5.41) is 0. The van der Waals surface area contributed by atoms with Crippen LogP contribution < -0.4 is 0 Å². The van der Waals surface area contributed by atoms with Crippen LogP contribution in [0.3, 0.4) is 0 Å². The highest BCUT2D eigenvalue weighted by Crippen LogP contribution is 2.09. The molecule has 0 aromatic rings. The summed E-state index contributed by atoms with van der Waals surface area (Å²) >= 11 is 0. The fourth-order valence-electron chi connectivity index (χ4n) is 0.667. The molecule has 0 aromatic carbocycles. The van der Waals surface area contributed by atoms with Crippen LogP contribution in [0.1, 0.15) is 20.8 Å². The molecule has 0 atom stereocenters. The lowest BCUT2D eigenvalue weighted by Crippen LogP contribution is -1.90. The predicted molar refractivity (Wildman–Crippen MR) is 56.4 cm³/mol. The van der Waals surface area contributed by atoms with Crippen molar-refractivity contribution in [1.82, 2.24) is 0 Å². The van der Waals surface area contributed by atoms with Crippen molar-refractivity contribution in [3.05, 3.63) is 37.1 Å². The molecule has 0 saturated heterocycles. The Balaban J connectivity index is 4.50. The Hall–Kier alpha value is -1.11. The fraction of sp³-hybridized carbons (Fsp3) is 0.364. The van der Waals surface area contributed by atoms with Crippen LogP contribution in [0.5, 0.6) is 0 Å². The van der Waals surface area contributed by atoms with Crippen molar-refractivity contribution in [2.75, 3.05) is 0 Å². The van der Waals surface area contributed by atoms with Gasteiger partial charge in [-0.3, -0.25) is 4.99 Å². The highest BCUT2D eigenvalue weighted by Gasteiger charge is 1.95. The molecule has 0 amide bonds. The van der Waals surface area contributed by atoms with Crippen LogP contribution in [0.25, 0.3) is 0 Å². The summed E-state index contributed by atoms with van der Waals surface area (Å²) in [6.07, 6.45) is 5.41. The number of hydrogen-bond acceptors (Lipinski definition) is 1. The van der Waals surface area contributed by atoms with Gasteiger partial charge in [-0.05, 0) is 24.5 Å². The molecule has 12 heavy (non-hydrogen) atoms. The first-order valence-corrected chi connectivity index (χ1v) is 4.11. The number of allylic oxidation sites excluding steroid dienone is 3. The van der Waals surface area contributed by atoms with Gasteiger partial charge in [0.05, 0.1) is 0 Å². The van der Waals surface area contributed by atoms with E-state index < -0.39 is 0 Å². The van der Waals surface area contributed by atoms with Gasteiger partial charge in [0.1, 0.15) is 0 Å². The maximum absolute atomic E-state index is 4.20. The second kappa shape index (κ2) is 5.53. The van der Waals surface area contributed by atoms with E-state index in [2.05, 4.69) is 32.0 Å². The van der Waals surface area contributed by atoms with E-state index in [1.54, 1.807) is 6.08 Å². The highest BCUT2D eigenvalue weighted by atomic mass is 14.7. The molecule has 0 N–H and O–H groups in total. The first-order valence-electron chi connectivity index (χ1n) is 4.11. The molecule has 0 unspecified atom stereocenters. The van der Waals surface area contributed by atoms with Gasteiger partial charge in [0.2, 0.25) is 0 Å². The predicted octanol–water partition coefficient (Wildman–Crippen LogP) is 3.36. The molecule has 66 valence electrons. The summed E-state index contributed by atoms with van der Waals surface area (Å²) < 4.78 is 0. The number of hydrogen-bond donors (Lipinski definition) is 0. The Labute approximate surface area is 75.2 Å². The van der Waals surface area contributed by atoms with E-state index in [1.165, 1.54) is 0 Å². The van der Waals surface area contributed by atoms with Crippen LogP contribution in [-0.4, -0.2) is 5.71 Å². The lowest BCUT2D eigenvalue weighted by molar-refractivity contribution is 0.789. The van der Waals surface area contributed by atoms with Gasteiger partial charge in [-0.25, -0.2) is 0 Å². The summed E-state index contributed by atoms with van der Waals surface area (Å²) in [5.74, 6) is 0.476. The minimum Gasteiger partial charge on any atom is -0.261 e. The molecular weight excluding hydrogens is 146 g/mol. The Morgan fingerprint density at radius 2 is 1.83 bits per heavy atom. The van der Waals surface area contributed by atoms with Crippen LogP contribution in [0.4, 0.5) is 0 Å². The molecule has 1 nitrogen and oxygen atoms in total. The third kappa shape index (κ3) is 3.91. The molecule has 0 aliphatic heterocycles.